The van der Waals surface area contributed by atoms with Gasteiger partial charge >= 0.3 is 0 Å². The van der Waals surface area contributed by atoms with Gasteiger partial charge in [0.2, 0.25) is 0 Å². The second kappa shape index (κ2) is 10.6. The summed E-state index contributed by atoms with van der Waals surface area (Å²) in [5.74, 6) is 1.50. The second-order valence-corrected chi connectivity index (χ2v) is 6.30. The molecule has 2 aliphatic heterocycles. The van der Waals surface area contributed by atoms with Crippen molar-refractivity contribution in [3.8, 4) is 11.5 Å². The number of ether oxygens (including phenoxy) is 5. The molecule has 0 amide bonds. The van der Waals surface area contributed by atoms with Crippen LogP contribution in [0.25, 0.3) is 0 Å². The Morgan fingerprint density at radius 1 is 0.800 bits per heavy atom. The van der Waals surface area contributed by atoms with Gasteiger partial charge in [0, 0.05) is 26.2 Å². The van der Waals surface area contributed by atoms with Gasteiger partial charge < -0.3 is 23.7 Å². The maximum absolute atomic E-state index is 5.77. The third kappa shape index (κ3) is 6.47. The summed E-state index contributed by atoms with van der Waals surface area (Å²) in [4.78, 5) is 2.37. The van der Waals surface area contributed by atoms with Crippen molar-refractivity contribution < 1.29 is 23.7 Å². The van der Waals surface area contributed by atoms with Crippen molar-refractivity contribution in [1.82, 2.24) is 4.90 Å². The lowest BCUT2D eigenvalue weighted by Gasteiger charge is -2.25. The van der Waals surface area contributed by atoms with Crippen LogP contribution >= 0.6 is 0 Å². The average molecular weight is 351 g/mol. The van der Waals surface area contributed by atoms with Crippen LogP contribution in [0.1, 0.15) is 12.8 Å². The molecule has 1 aromatic carbocycles. The van der Waals surface area contributed by atoms with Gasteiger partial charge in [0.1, 0.15) is 13.2 Å². The molecule has 1 atom stereocenters. The van der Waals surface area contributed by atoms with Crippen LogP contribution < -0.4 is 9.47 Å². The summed E-state index contributed by atoms with van der Waals surface area (Å²) in [5.41, 5.74) is 0. The molecule has 0 aliphatic carbocycles. The Balaban J connectivity index is 1.49. The molecule has 6 nitrogen and oxygen atoms in total. The number of hydrogen-bond donors (Lipinski definition) is 0. The van der Waals surface area contributed by atoms with Crippen molar-refractivity contribution in [3.63, 3.8) is 0 Å². The van der Waals surface area contributed by atoms with E-state index in [0.717, 1.165) is 44.2 Å². The summed E-state index contributed by atoms with van der Waals surface area (Å²) in [7, 11) is 0. The lowest BCUT2D eigenvalue weighted by molar-refractivity contribution is 0.0302. The first-order valence-electron chi connectivity index (χ1n) is 9.26. The number of hydrogen-bond acceptors (Lipinski definition) is 6. The Kier molecular flexibility index (Phi) is 7.83. The number of nitrogens with zero attached hydrogens (tertiary/aromatic N) is 1. The maximum atomic E-state index is 5.77. The lowest BCUT2D eigenvalue weighted by atomic mass is 10.2. The highest BCUT2D eigenvalue weighted by molar-refractivity contribution is 5.39. The van der Waals surface area contributed by atoms with E-state index in [1.807, 2.05) is 24.3 Å². The van der Waals surface area contributed by atoms with E-state index in [9.17, 15) is 0 Å². The third-order valence-corrected chi connectivity index (χ3v) is 4.41. The zero-order valence-corrected chi connectivity index (χ0v) is 14.9. The number of fused-ring (bicyclic) bond motifs is 1. The van der Waals surface area contributed by atoms with Gasteiger partial charge in [-0.05, 0) is 25.0 Å². The van der Waals surface area contributed by atoms with Crippen molar-refractivity contribution >= 4 is 0 Å². The summed E-state index contributed by atoms with van der Waals surface area (Å²) in [5, 5.41) is 0. The maximum Gasteiger partial charge on any atom is 0.161 e. The molecule has 6 heteroatoms. The Morgan fingerprint density at radius 3 is 2.00 bits per heavy atom. The van der Waals surface area contributed by atoms with Gasteiger partial charge in [-0.2, -0.15) is 0 Å². The molecule has 140 valence electrons. The highest BCUT2D eigenvalue weighted by Crippen LogP contribution is 2.26. The summed E-state index contributed by atoms with van der Waals surface area (Å²) in [6, 6.07) is 7.71. The summed E-state index contributed by atoms with van der Waals surface area (Å²) < 4.78 is 28.8. The molecule has 3 rings (SSSR count). The third-order valence-electron chi connectivity index (χ3n) is 4.41. The monoisotopic (exact) mass is 351 g/mol. The van der Waals surface area contributed by atoms with Crippen molar-refractivity contribution in [2.45, 2.75) is 18.9 Å². The first kappa shape index (κ1) is 18.5. The highest BCUT2D eigenvalue weighted by Gasteiger charge is 2.19. The van der Waals surface area contributed by atoms with E-state index in [1.54, 1.807) is 0 Å². The smallest absolute Gasteiger partial charge is 0.161 e. The molecule has 1 aromatic rings. The normalized spacial score (nSPS) is 24.4. The number of para-hydroxylation sites is 2. The first-order chi connectivity index (χ1) is 12.4. The van der Waals surface area contributed by atoms with Crippen molar-refractivity contribution in [2.24, 2.45) is 0 Å². The van der Waals surface area contributed by atoms with Gasteiger partial charge in [0.05, 0.1) is 32.5 Å². The van der Waals surface area contributed by atoms with Gasteiger partial charge in [0.25, 0.3) is 0 Å². The number of benzene rings is 1. The fourth-order valence-corrected chi connectivity index (χ4v) is 3.07. The van der Waals surface area contributed by atoms with E-state index < -0.39 is 0 Å². The Hall–Kier alpha value is -1.34. The van der Waals surface area contributed by atoms with Gasteiger partial charge in [-0.25, -0.2) is 0 Å². The molecule has 25 heavy (non-hydrogen) atoms. The van der Waals surface area contributed by atoms with E-state index >= 15 is 0 Å². The predicted molar refractivity (Wildman–Crippen MR) is 94.5 cm³/mol. The zero-order chi connectivity index (χ0) is 17.2. The van der Waals surface area contributed by atoms with E-state index in [-0.39, 0.29) is 0 Å². The van der Waals surface area contributed by atoms with Crippen molar-refractivity contribution in [1.29, 1.82) is 0 Å². The van der Waals surface area contributed by atoms with Crippen molar-refractivity contribution in [3.05, 3.63) is 24.3 Å². The van der Waals surface area contributed by atoms with Crippen LogP contribution in [0.3, 0.4) is 0 Å². The van der Waals surface area contributed by atoms with Crippen LogP contribution in [-0.2, 0) is 14.2 Å². The minimum Gasteiger partial charge on any atom is -0.487 e. The van der Waals surface area contributed by atoms with Crippen LogP contribution in [0.4, 0.5) is 0 Å². The molecule has 0 aromatic heterocycles. The molecule has 0 bridgehead atoms. The molecular formula is C19H29NO5. The van der Waals surface area contributed by atoms with Crippen LogP contribution in [0, 0.1) is 0 Å². The van der Waals surface area contributed by atoms with E-state index in [0.29, 0.717) is 45.7 Å². The Labute approximate surface area is 149 Å². The fraction of sp³-hybridized carbons (Fsp3) is 0.684. The minimum absolute atomic E-state index is 0.350. The molecule has 0 spiro atoms. The topological polar surface area (TPSA) is 49.4 Å². The molecule has 1 unspecified atom stereocenters. The molecule has 0 saturated carbocycles. The predicted octanol–water partition coefficient (Wildman–Crippen LogP) is 1.97. The SMILES string of the molecule is c1ccc2c(c1)OCCOCCN(CC1CCCO1)CCOCCO2. The zero-order valence-electron chi connectivity index (χ0n) is 14.9. The molecule has 0 radical (unpaired) electrons. The minimum atomic E-state index is 0.350. The van der Waals surface area contributed by atoms with Crippen LogP contribution in [0.5, 0.6) is 11.5 Å². The summed E-state index contributed by atoms with van der Waals surface area (Å²) in [6.45, 7) is 7.16. The van der Waals surface area contributed by atoms with Crippen molar-refractivity contribution in [2.75, 3.05) is 65.9 Å². The van der Waals surface area contributed by atoms with Gasteiger partial charge in [-0.1, -0.05) is 12.1 Å². The molecular weight excluding hydrogens is 322 g/mol. The molecule has 1 saturated heterocycles. The van der Waals surface area contributed by atoms with Crippen LogP contribution in [-0.4, -0.2) is 76.9 Å². The van der Waals surface area contributed by atoms with E-state index in [4.69, 9.17) is 23.7 Å². The molecule has 2 heterocycles. The quantitative estimate of drug-likeness (QED) is 0.812. The van der Waals surface area contributed by atoms with Crippen LogP contribution in [0.15, 0.2) is 24.3 Å². The van der Waals surface area contributed by atoms with Gasteiger partial charge in [-0.3, -0.25) is 4.90 Å². The highest BCUT2D eigenvalue weighted by atomic mass is 16.6. The fourth-order valence-electron chi connectivity index (χ4n) is 3.07. The van der Waals surface area contributed by atoms with Gasteiger partial charge in [0.15, 0.2) is 11.5 Å². The molecule has 2 aliphatic rings. The Morgan fingerprint density at radius 2 is 1.44 bits per heavy atom. The largest absolute Gasteiger partial charge is 0.487 e. The van der Waals surface area contributed by atoms with E-state index in [2.05, 4.69) is 4.90 Å². The number of rotatable bonds is 2. The molecule has 1 fully saturated rings. The summed E-state index contributed by atoms with van der Waals surface area (Å²) >= 11 is 0. The standard InChI is InChI=1S/C19H29NO5/c1-2-6-19-18(5-1)24-14-12-21-10-7-20(8-11-22-13-15-25-19)16-17-4-3-9-23-17/h1-2,5-6,17H,3-4,7-16H2. The summed E-state index contributed by atoms with van der Waals surface area (Å²) in [6.07, 6.45) is 2.67. The first-order valence-corrected chi connectivity index (χ1v) is 9.26. The molecule has 0 N–H and O–H groups in total. The Bertz CT molecular complexity index is 457. The van der Waals surface area contributed by atoms with E-state index in [1.165, 1.54) is 6.42 Å². The lowest BCUT2D eigenvalue weighted by Crippen LogP contribution is -2.37. The van der Waals surface area contributed by atoms with Crippen LogP contribution in [0.2, 0.25) is 0 Å². The second-order valence-electron chi connectivity index (χ2n) is 6.30. The average Bonchev–Trinajstić information content (AvgIpc) is 3.13. The van der Waals surface area contributed by atoms with Gasteiger partial charge in [-0.15, -0.1) is 0 Å².